The Kier molecular flexibility index (Phi) is 4.94. The minimum Gasteiger partial charge on any atom is -0.423 e. The maximum absolute atomic E-state index is 12.1. The Bertz CT molecular complexity index is 675. The average Bonchev–Trinajstić information content (AvgIpc) is 2.47. The van der Waals surface area contributed by atoms with Gasteiger partial charge in [-0.15, -0.1) is 0 Å². The maximum Gasteiger partial charge on any atom is 0.343 e. The predicted molar refractivity (Wildman–Crippen MR) is 86.0 cm³/mol. The van der Waals surface area contributed by atoms with Crippen LogP contribution in [0.5, 0.6) is 5.75 Å². The maximum atomic E-state index is 12.1. The van der Waals surface area contributed by atoms with Gasteiger partial charge in [0.2, 0.25) is 5.91 Å². The van der Waals surface area contributed by atoms with Crippen LogP contribution in [0, 0.1) is 12.8 Å². The monoisotopic (exact) mass is 297 g/mol. The number of carbonyl (C=O) groups is 2. The summed E-state index contributed by atoms with van der Waals surface area (Å²) < 4.78 is 5.31. The zero-order valence-electron chi connectivity index (χ0n) is 12.9. The van der Waals surface area contributed by atoms with Crippen molar-refractivity contribution >= 4 is 17.6 Å². The first-order valence-electron chi connectivity index (χ1n) is 7.15. The Balaban J connectivity index is 2.03. The molecule has 22 heavy (non-hydrogen) atoms. The lowest BCUT2D eigenvalue weighted by atomic mass is 10.1. The highest BCUT2D eigenvalue weighted by Crippen LogP contribution is 2.16. The van der Waals surface area contributed by atoms with Crippen LogP contribution in [-0.4, -0.2) is 11.9 Å². The largest absolute Gasteiger partial charge is 0.423 e. The van der Waals surface area contributed by atoms with Gasteiger partial charge >= 0.3 is 5.97 Å². The third kappa shape index (κ3) is 4.19. The first kappa shape index (κ1) is 15.8. The molecule has 0 aliphatic rings. The topological polar surface area (TPSA) is 55.4 Å². The molecule has 0 aliphatic heterocycles. The number of ether oxygens (including phenoxy) is 1. The Morgan fingerprint density at radius 3 is 2.32 bits per heavy atom. The van der Waals surface area contributed by atoms with E-state index in [9.17, 15) is 9.59 Å². The number of aryl methyl sites for hydroxylation is 1. The molecule has 0 atom stereocenters. The van der Waals surface area contributed by atoms with Gasteiger partial charge in [-0.3, -0.25) is 4.79 Å². The van der Waals surface area contributed by atoms with Crippen LogP contribution in [0.2, 0.25) is 0 Å². The van der Waals surface area contributed by atoms with Crippen molar-refractivity contribution in [1.82, 2.24) is 0 Å². The molecule has 2 aromatic rings. The minimum atomic E-state index is -0.424. The number of nitrogens with one attached hydrogen (secondary N) is 1. The van der Waals surface area contributed by atoms with Crippen LogP contribution in [-0.2, 0) is 4.79 Å². The highest BCUT2D eigenvalue weighted by atomic mass is 16.5. The van der Waals surface area contributed by atoms with Crippen molar-refractivity contribution in [3.63, 3.8) is 0 Å². The van der Waals surface area contributed by atoms with E-state index in [-0.39, 0.29) is 11.8 Å². The Morgan fingerprint density at radius 2 is 1.73 bits per heavy atom. The van der Waals surface area contributed by atoms with Crippen LogP contribution in [0.1, 0.15) is 29.8 Å². The number of benzene rings is 2. The van der Waals surface area contributed by atoms with Crippen molar-refractivity contribution in [2.24, 2.45) is 5.92 Å². The van der Waals surface area contributed by atoms with Crippen molar-refractivity contribution in [2.45, 2.75) is 20.8 Å². The highest BCUT2D eigenvalue weighted by Gasteiger charge is 2.10. The second-order valence-electron chi connectivity index (χ2n) is 5.43. The van der Waals surface area contributed by atoms with Crippen LogP contribution < -0.4 is 10.1 Å². The molecule has 0 aromatic heterocycles. The van der Waals surface area contributed by atoms with Crippen molar-refractivity contribution < 1.29 is 14.3 Å². The van der Waals surface area contributed by atoms with Gasteiger partial charge in [0.05, 0.1) is 5.56 Å². The standard InChI is InChI=1S/C18H19NO3/c1-12(2)17(20)19-15-9-7-14(8-10-15)18(21)22-16-6-4-5-13(3)11-16/h4-12H,1-3H3,(H,19,20). The molecule has 0 aliphatic carbocycles. The smallest absolute Gasteiger partial charge is 0.343 e. The van der Waals surface area contributed by atoms with E-state index in [0.29, 0.717) is 17.0 Å². The van der Waals surface area contributed by atoms with Crippen molar-refractivity contribution in [3.05, 3.63) is 59.7 Å². The fourth-order valence-corrected chi connectivity index (χ4v) is 1.82. The molecule has 2 aromatic carbocycles. The number of rotatable bonds is 4. The third-order valence-electron chi connectivity index (χ3n) is 3.11. The molecular weight excluding hydrogens is 278 g/mol. The fraction of sp³-hybridized carbons (Fsp3) is 0.222. The minimum absolute atomic E-state index is 0.0601. The molecule has 2 rings (SSSR count). The first-order chi connectivity index (χ1) is 10.5. The second-order valence-corrected chi connectivity index (χ2v) is 5.43. The Labute approximate surface area is 130 Å². The first-order valence-corrected chi connectivity index (χ1v) is 7.15. The van der Waals surface area contributed by atoms with Gasteiger partial charge in [-0.05, 0) is 48.9 Å². The van der Waals surface area contributed by atoms with Gasteiger partial charge < -0.3 is 10.1 Å². The van der Waals surface area contributed by atoms with Crippen molar-refractivity contribution in [3.8, 4) is 5.75 Å². The predicted octanol–water partition coefficient (Wildman–Crippen LogP) is 3.81. The molecule has 4 nitrogen and oxygen atoms in total. The van der Waals surface area contributed by atoms with E-state index in [2.05, 4.69) is 5.32 Å². The molecular formula is C18H19NO3. The van der Waals surface area contributed by atoms with Gasteiger partial charge in [0.15, 0.2) is 0 Å². The summed E-state index contributed by atoms with van der Waals surface area (Å²) in [5.41, 5.74) is 2.12. The normalized spacial score (nSPS) is 10.4. The number of amides is 1. The summed E-state index contributed by atoms with van der Waals surface area (Å²) in [6.45, 7) is 5.58. The molecule has 0 fully saturated rings. The lowest BCUT2D eigenvalue weighted by Crippen LogP contribution is -2.17. The van der Waals surface area contributed by atoms with E-state index < -0.39 is 5.97 Å². The summed E-state index contributed by atoms with van der Waals surface area (Å²) in [5, 5.41) is 2.77. The summed E-state index contributed by atoms with van der Waals surface area (Å²) in [6, 6.07) is 14.0. The summed E-state index contributed by atoms with van der Waals surface area (Å²) in [7, 11) is 0. The van der Waals surface area contributed by atoms with Gasteiger partial charge in [-0.1, -0.05) is 26.0 Å². The molecule has 0 saturated carbocycles. The van der Waals surface area contributed by atoms with E-state index in [1.54, 1.807) is 36.4 Å². The van der Waals surface area contributed by atoms with Gasteiger partial charge in [0, 0.05) is 11.6 Å². The van der Waals surface area contributed by atoms with Crippen molar-refractivity contribution in [2.75, 3.05) is 5.32 Å². The summed E-state index contributed by atoms with van der Waals surface area (Å²) >= 11 is 0. The fourth-order valence-electron chi connectivity index (χ4n) is 1.82. The number of anilines is 1. The van der Waals surface area contributed by atoms with Gasteiger partial charge in [0.25, 0.3) is 0 Å². The van der Waals surface area contributed by atoms with Crippen LogP contribution in [0.15, 0.2) is 48.5 Å². The van der Waals surface area contributed by atoms with Gasteiger partial charge in [-0.25, -0.2) is 4.79 Å². The molecule has 1 amide bonds. The van der Waals surface area contributed by atoms with Crippen LogP contribution in [0.3, 0.4) is 0 Å². The summed E-state index contributed by atoms with van der Waals surface area (Å²) in [6.07, 6.45) is 0. The van der Waals surface area contributed by atoms with E-state index in [1.165, 1.54) is 0 Å². The highest BCUT2D eigenvalue weighted by molar-refractivity contribution is 5.94. The Hall–Kier alpha value is -2.62. The summed E-state index contributed by atoms with van der Waals surface area (Å²) in [4.78, 5) is 23.7. The molecule has 4 heteroatoms. The molecule has 0 unspecified atom stereocenters. The molecule has 0 saturated heterocycles. The van der Waals surface area contributed by atoms with E-state index in [1.807, 2.05) is 32.9 Å². The molecule has 0 radical (unpaired) electrons. The zero-order chi connectivity index (χ0) is 16.1. The van der Waals surface area contributed by atoms with Crippen LogP contribution >= 0.6 is 0 Å². The van der Waals surface area contributed by atoms with E-state index >= 15 is 0 Å². The SMILES string of the molecule is Cc1cccc(OC(=O)c2ccc(NC(=O)C(C)C)cc2)c1. The molecule has 0 heterocycles. The quantitative estimate of drug-likeness (QED) is 0.689. The zero-order valence-corrected chi connectivity index (χ0v) is 12.9. The number of carbonyl (C=O) groups excluding carboxylic acids is 2. The number of esters is 1. The van der Waals surface area contributed by atoms with Crippen LogP contribution in [0.25, 0.3) is 0 Å². The Morgan fingerprint density at radius 1 is 1.05 bits per heavy atom. The van der Waals surface area contributed by atoms with Gasteiger partial charge in [0.1, 0.15) is 5.75 Å². The summed E-state index contributed by atoms with van der Waals surface area (Å²) in [5.74, 6) is -0.0597. The van der Waals surface area contributed by atoms with Crippen molar-refractivity contribution in [1.29, 1.82) is 0 Å². The van der Waals surface area contributed by atoms with Crippen LogP contribution in [0.4, 0.5) is 5.69 Å². The van der Waals surface area contributed by atoms with E-state index in [0.717, 1.165) is 5.56 Å². The number of hydrogen-bond donors (Lipinski definition) is 1. The second kappa shape index (κ2) is 6.89. The lowest BCUT2D eigenvalue weighted by molar-refractivity contribution is -0.118. The molecule has 114 valence electrons. The molecule has 0 bridgehead atoms. The number of hydrogen-bond acceptors (Lipinski definition) is 3. The van der Waals surface area contributed by atoms with Gasteiger partial charge in [-0.2, -0.15) is 0 Å². The van der Waals surface area contributed by atoms with E-state index in [4.69, 9.17) is 4.74 Å². The average molecular weight is 297 g/mol. The third-order valence-corrected chi connectivity index (χ3v) is 3.11. The lowest BCUT2D eigenvalue weighted by Gasteiger charge is -2.08. The molecule has 0 spiro atoms. The molecule has 1 N–H and O–H groups in total.